The van der Waals surface area contributed by atoms with Crippen molar-refractivity contribution in [3.63, 3.8) is 0 Å². The van der Waals surface area contributed by atoms with Crippen LogP contribution in [0.4, 0.5) is 0 Å². The Labute approximate surface area is 85.7 Å². The fourth-order valence-electron chi connectivity index (χ4n) is 0.649. The van der Waals surface area contributed by atoms with Crippen molar-refractivity contribution < 1.29 is 33.1 Å². The van der Waals surface area contributed by atoms with Gasteiger partial charge in [-0.25, -0.2) is 0 Å². The zero-order valence-electron chi connectivity index (χ0n) is 6.24. The van der Waals surface area contributed by atoms with Crippen LogP contribution in [-0.2, 0) is 35.4 Å². The molecule has 1 rings (SSSR count). The first-order valence-electron chi connectivity index (χ1n) is 2.98. The fourth-order valence-corrected chi connectivity index (χ4v) is 1.01. The van der Waals surface area contributed by atoms with E-state index >= 15 is 0 Å². The van der Waals surface area contributed by atoms with Gasteiger partial charge in [-0.15, -0.1) is 0 Å². The summed E-state index contributed by atoms with van der Waals surface area (Å²) < 4.78 is 28.7. The van der Waals surface area contributed by atoms with Crippen LogP contribution in [-0.4, -0.2) is 8.76 Å². The van der Waals surface area contributed by atoms with Crippen molar-refractivity contribution in [3.8, 4) is 0 Å². The van der Waals surface area contributed by atoms with Gasteiger partial charge in [-0.2, -0.15) is 0 Å². The molecule has 0 aromatic heterocycles. The molecule has 1 atom stereocenters. The van der Waals surface area contributed by atoms with Crippen LogP contribution in [0.2, 0.25) is 0 Å². The third-order valence-electron chi connectivity index (χ3n) is 1.21. The Morgan fingerprint density at radius 1 is 1.25 bits per heavy atom. The van der Waals surface area contributed by atoms with E-state index in [1.165, 1.54) is 0 Å². The van der Waals surface area contributed by atoms with E-state index in [9.17, 15) is 8.76 Å². The summed E-state index contributed by atoms with van der Waals surface area (Å²) in [7, 11) is 0. The Kier molecular flexibility index (Phi) is 6.32. The molecule has 1 aromatic carbocycles. The molecule has 5 heteroatoms. The van der Waals surface area contributed by atoms with E-state index in [-0.39, 0.29) is 0 Å². The molecule has 0 amide bonds. The van der Waals surface area contributed by atoms with Crippen molar-refractivity contribution in [1.29, 1.82) is 0 Å². The molecule has 71 valence electrons. The second kappa shape index (κ2) is 6.39. The van der Waals surface area contributed by atoms with Gasteiger partial charge in [0.1, 0.15) is 0 Å². The van der Waals surface area contributed by atoms with Gasteiger partial charge in [0.15, 0.2) is 0 Å². The molecule has 0 bridgehead atoms. The first-order valence-corrected chi connectivity index (χ1v) is 4.66. The number of aryl methyl sites for hydroxylation is 1. The summed E-state index contributed by atoms with van der Waals surface area (Å²) in [6.07, 6.45) is 0. The van der Waals surface area contributed by atoms with Crippen molar-refractivity contribution in [1.82, 2.24) is 0 Å². The quantitative estimate of drug-likeness (QED) is 0.571. The van der Waals surface area contributed by atoms with Crippen molar-refractivity contribution in [2.45, 2.75) is 11.8 Å². The molecule has 12 heavy (non-hydrogen) atoms. The molecule has 0 saturated heterocycles. The maximum absolute atomic E-state index is 10.3. The molecule has 0 aliphatic rings. The number of hydrogen-bond acceptors (Lipinski definition) is 3. The minimum absolute atomic E-state index is 0.339. The van der Waals surface area contributed by atoms with Crippen LogP contribution in [0.3, 0.4) is 0 Å². The van der Waals surface area contributed by atoms with Crippen molar-refractivity contribution >= 4 is 11.1 Å². The molecule has 0 aliphatic heterocycles. The van der Waals surface area contributed by atoms with Crippen LogP contribution in [0.1, 0.15) is 5.56 Å². The summed E-state index contributed by atoms with van der Waals surface area (Å²) in [5.74, 6) is 0. The Hall–Kier alpha value is -0.130. The normalized spacial score (nSPS) is 11.3. The molecule has 3 nitrogen and oxygen atoms in total. The van der Waals surface area contributed by atoms with Gasteiger partial charge in [0.05, 0.1) is 0 Å². The van der Waals surface area contributed by atoms with Crippen molar-refractivity contribution in [3.05, 3.63) is 29.8 Å². The summed E-state index contributed by atoms with van der Waals surface area (Å²) in [4.78, 5) is 0.339. The van der Waals surface area contributed by atoms with Gasteiger partial charge in [-0.05, 0) is 30.1 Å². The molecule has 1 aromatic rings. The minimum atomic E-state index is -2.09. The summed E-state index contributed by atoms with van der Waals surface area (Å²) in [5, 5.41) is 0. The second-order valence-electron chi connectivity index (χ2n) is 2.05. The SMILES string of the molecule is Cc1ccc(S(=O)[O-])cc1.[O]=[Ag]. The van der Waals surface area contributed by atoms with Crippen LogP contribution >= 0.6 is 0 Å². The molecule has 0 saturated carbocycles. The summed E-state index contributed by atoms with van der Waals surface area (Å²) in [6, 6.07) is 6.70. The van der Waals surface area contributed by atoms with E-state index in [4.69, 9.17) is 3.25 Å². The van der Waals surface area contributed by atoms with Crippen LogP contribution in [0, 0.1) is 6.92 Å². The third-order valence-corrected chi connectivity index (χ3v) is 1.87. The molecule has 0 radical (unpaired) electrons. The average Bonchev–Trinajstić information content (AvgIpc) is 2.09. The zero-order valence-corrected chi connectivity index (χ0v) is 8.54. The predicted molar refractivity (Wildman–Crippen MR) is 39.1 cm³/mol. The molecule has 1 unspecified atom stereocenters. The summed E-state index contributed by atoms with van der Waals surface area (Å²) in [5.41, 5.74) is 1.06. The van der Waals surface area contributed by atoms with Crippen molar-refractivity contribution in [2.75, 3.05) is 0 Å². The third kappa shape index (κ3) is 4.04. The Morgan fingerprint density at radius 2 is 1.67 bits per heavy atom. The van der Waals surface area contributed by atoms with Gasteiger partial charge in [-0.1, -0.05) is 17.7 Å². The summed E-state index contributed by atoms with van der Waals surface area (Å²) >= 11 is -0.387. The molecule has 0 N–H and O–H groups in total. The average molecular weight is 279 g/mol. The summed E-state index contributed by atoms with van der Waals surface area (Å²) in [6.45, 7) is 1.91. The Balaban J connectivity index is 0.000000561. The molecular weight excluding hydrogens is 272 g/mol. The number of benzene rings is 1. The van der Waals surface area contributed by atoms with Gasteiger partial charge in [0.2, 0.25) is 0 Å². The zero-order chi connectivity index (χ0) is 9.56. The monoisotopic (exact) mass is 278 g/mol. The Morgan fingerprint density at radius 3 is 2.00 bits per heavy atom. The van der Waals surface area contributed by atoms with E-state index in [1.807, 2.05) is 6.92 Å². The van der Waals surface area contributed by atoms with Crippen LogP contribution < -0.4 is 0 Å². The topological polar surface area (TPSA) is 57.2 Å². The van der Waals surface area contributed by atoms with Crippen LogP contribution in [0.15, 0.2) is 29.2 Å². The predicted octanol–water partition coefficient (Wildman–Crippen LogP) is 1.11. The molecule has 0 spiro atoms. The van der Waals surface area contributed by atoms with E-state index < -0.39 is 11.1 Å². The van der Waals surface area contributed by atoms with Gasteiger partial charge in [-0.3, -0.25) is 4.21 Å². The van der Waals surface area contributed by atoms with E-state index in [1.54, 1.807) is 45.3 Å². The van der Waals surface area contributed by atoms with Crippen molar-refractivity contribution in [2.24, 2.45) is 0 Å². The van der Waals surface area contributed by atoms with E-state index in [0.29, 0.717) is 4.90 Å². The maximum atomic E-state index is 10.3. The molecule has 0 fully saturated rings. The fraction of sp³-hybridized carbons (Fsp3) is 0.143. The van der Waals surface area contributed by atoms with E-state index in [0.717, 1.165) is 5.56 Å². The first kappa shape index (κ1) is 11.9. The number of hydrogen-bond donors (Lipinski definition) is 0. The standard InChI is InChI=1S/C7H8O2S.Ag.O/c1-6-2-4-7(5-3-6)10(8)9;;/h2-5H,1H3,(H,8,9);;/p-1. The van der Waals surface area contributed by atoms with Crippen LogP contribution in [0.25, 0.3) is 0 Å². The van der Waals surface area contributed by atoms with Gasteiger partial charge in [0, 0.05) is 4.90 Å². The number of rotatable bonds is 1. The molecular formula is C7H7AgO3S-. The van der Waals surface area contributed by atoms with Gasteiger partial charge < -0.3 is 4.55 Å². The molecule has 0 heterocycles. The van der Waals surface area contributed by atoms with Gasteiger partial charge in [0.25, 0.3) is 0 Å². The molecule has 0 aliphatic carbocycles. The van der Waals surface area contributed by atoms with Crippen LogP contribution in [0.5, 0.6) is 0 Å². The second-order valence-corrected chi connectivity index (χ2v) is 2.99. The first-order chi connectivity index (χ1) is 5.70. The van der Waals surface area contributed by atoms with Gasteiger partial charge >= 0.3 is 24.3 Å². The Bertz CT molecular complexity index is 260. The van der Waals surface area contributed by atoms with E-state index in [2.05, 4.69) is 0 Å².